The molecule has 0 spiro atoms. The zero-order valence-corrected chi connectivity index (χ0v) is 14.9. The van der Waals surface area contributed by atoms with Gasteiger partial charge in [-0.3, -0.25) is 14.4 Å². The molecule has 0 saturated carbocycles. The molecule has 6 heteroatoms. The number of nitrogens with zero attached hydrogens (tertiary/aromatic N) is 3. The third-order valence-electron chi connectivity index (χ3n) is 4.77. The number of anilines is 1. The van der Waals surface area contributed by atoms with Crippen LogP contribution in [-0.4, -0.2) is 53.4 Å². The van der Waals surface area contributed by atoms with E-state index in [0.29, 0.717) is 18.3 Å². The van der Waals surface area contributed by atoms with Crippen LogP contribution in [-0.2, 0) is 23.0 Å². The molecule has 0 bridgehead atoms. The Kier molecular flexibility index (Phi) is 5.83. The van der Waals surface area contributed by atoms with Crippen molar-refractivity contribution in [2.45, 2.75) is 18.9 Å². The first-order valence-corrected chi connectivity index (χ1v) is 8.72. The summed E-state index contributed by atoms with van der Waals surface area (Å²) in [6, 6.07) is 12.3. The molecule has 1 N–H and O–H groups in total. The van der Waals surface area contributed by atoms with Crippen molar-refractivity contribution < 1.29 is 9.53 Å². The number of nitrogens with one attached hydrogen (secondary N) is 1. The summed E-state index contributed by atoms with van der Waals surface area (Å²) in [5, 5.41) is 7.02. The van der Waals surface area contributed by atoms with Crippen LogP contribution in [0.15, 0.2) is 42.6 Å². The maximum absolute atomic E-state index is 12.2. The van der Waals surface area contributed by atoms with Crippen LogP contribution in [0, 0.1) is 5.92 Å². The van der Waals surface area contributed by atoms with Gasteiger partial charge in [-0.1, -0.05) is 30.3 Å². The summed E-state index contributed by atoms with van der Waals surface area (Å²) in [5.41, 5.74) is 1.34. The van der Waals surface area contributed by atoms with Crippen molar-refractivity contribution in [1.29, 1.82) is 0 Å². The lowest BCUT2D eigenvalue weighted by molar-refractivity contribution is -0.118. The third kappa shape index (κ3) is 4.90. The molecular weight excluding hydrogens is 316 g/mol. The average Bonchev–Trinajstić information content (AvgIpc) is 3.01. The Labute approximate surface area is 148 Å². The van der Waals surface area contributed by atoms with Crippen LogP contribution in [0.4, 0.5) is 5.82 Å². The second-order valence-electron chi connectivity index (χ2n) is 6.67. The van der Waals surface area contributed by atoms with E-state index in [1.165, 1.54) is 5.56 Å². The molecule has 2 aromatic rings. The normalized spacial score (nSPS) is 21.2. The summed E-state index contributed by atoms with van der Waals surface area (Å²) in [7, 11) is 3.59. The Morgan fingerprint density at radius 3 is 2.80 bits per heavy atom. The highest BCUT2D eigenvalue weighted by atomic mass is 16.5. The number of carbonyl (C=O) groups excluding carboxylic acids is 1. The number of hydrogen-bond donors (Lipinski definition) is 1. The van der Waals surface area contributed by atoms with Gasteiger partial charge in [-0.15, -0.1) is 0 Å². The van der Waals surface area contributed by atoms with E-state index in [2.05, 4.69) is 39.6 Å². The maximum atomic E-state index is 12.2. The van der Waals surface area contributed by atoms with E-state index in [0.717, 1.165) is 25.9 Å². The first-order chi connectivity index (χ1) is 12.1. The topological polar surface area (TPSA) is 59.4 Å². The Hall–Kier alpha value is -2.18. The lowest BCUT2D eigenvalue weighted by Crippen LogP contribution is -2.47. The van der Waals surface area contributed by atoms with Gasteiger partial charge in [-0.2, -0.15) is 5.10 Å². The van der Waals surface area contributed by atoms with Gasteiger partial charge in [0.2, 0.25) is 5.91 Å². The van der Waals surface area contributed by atoms with E-state index in [4.69, 9.17) is 4.74 Å². The Morgan fingerprint density at radius 1 is 1.32 bits per heavy atom. The Bertz CT molecular complexity index is 686. The van der Waals surface area contributed by atoms with Crippen molar-refractivity contribution in [2.75, 3.05) is 32.1 Å². The number of aromatic nitrogens is 2. The lowest BCUT2D eigenvalue weighted by atomic mass is 9.87. The quantitative estimate of drug-likeness (QED) is 0.872. The van der Waals surface area contributed by atoms with Crippen molar-refractivity contribution in [3.05, 3.63) is 48.2 Å². The van der Waals surface area contributed by atoms with Gasteiger partial charge in [-0.05, 0) is 30.9 Å². The minimum absolute atomic E-state index is 0.0323. The zero-order valence-electron chi connectivity index (χ0n) is 14.9. The summed E-state index contributed by atoms with van der Waals surface area (Å²) in [6.07, 6.45) is 4.01. The smallest absolute Gasteiger partial charge is 0.239 e. The van der Waals surface area contributed by atoms with Crippen LogP contribution in [0.2, 0.25) is 0 Å². The second kappa shape index (κ2) is 8.27. The predicted octanol–water partition coefficient (Wildman–Crippen LogP) is 1.94. The largest absolute Gasteiger partial charge is 0.380 e. The predicted molar refractivity (Wildman–Crippen MR) is 97.3 cm³/mol. The monoisotopic (exact) mass is 342 g/mol. The number of piperidine rings is 1. The van der Waals surface area contributed by atoms with Gasteiger partial charge in [-0.25, -0.2) is 0 Å². The fourth-order valence-corrected chi connectivity index (χ4v) is 3.46. The molecule has 1 aromatic carbocycles. The molecular formula is C19H26N4O2. The molecule has 1 fully saturated rings. The van der Waals surface area contributed by atoms with E-state index in [9.17, 15) is 4.79 Å². The molecule has 2 atom stereocenters. The molecule has 0 radical (unpaired) electrons. The first-order valence-electron chi connectivity index (χ1n) is 8.72. The molecule has 1 aliphatic heterocycles. The number of hydrogen-bond acceptors (Lipinski definition) is 4. The van der Waals surface area contributed by atoms with Crippen LogP contribution in [0.25, 0.3) is 0 Å². The fourth-order valence-electron chi connectivity index (χ4n) is 3.46. The van der Waals surface area contributed by atoms with Crippen molar-refractivity contribution in [1.82, 2.24) is 14.7 Å². The van der Waals surface area contributed by atoms with Gasteiger partial charge in [0.1, 0.15) is 0 Å². The van der Waals surface area contributed by atoms with Crippen LogP contribution in [0.1, 0.15) is 12.0 Å². The van der Waals surface area contributed by atoms with Crippen molar-refractivity contribution in [3.63, 3.8) is 0 Å². The van der Waals surface area contributed by atoms with Gasteiger partial charge in [0, 0.05) is 33.0 Å². The number of rotatable bonds is 6. The van der Waals surface area contributed by atoms with Crippen molar-refractivity contribution in [3.8, 4) is 0 Å². The molecule has 1 amide bonds. The number of aryl methyl sites for hydroxylation is 1. The van der Waals surface area contributed by atoms with Gasteiger partial charge in [0.05, 0.1) is 12.6 Å². The molecule has 6 nitrogen and oxygen atoms in total. The van der Waals surface area contributed by atoms with Gasteiger partial charge in [0.15, 0.2) is 5.82 Å². The molecule has 1 saturated heterocycles. The highest BCUT2D eigenvalue weighted by Gasteiger charge is 2.30. The van der Waals surface area contributed by atoms with Crippen LogP contribution in [0.5, 0.6) is 0 Å². The molecule has 0 aliphatic carbocycles. The minimum Gasteiger partial charge on any atom is -0.380 e. The third-order valence-corrected chi connectivity index (χ3v) is 4.77. The van der Waals surface area contributed by atoms with Crippen LogP contribution in [0.3, 0.4) is 0 Å². The Morgan fingerprint density at radius 2 is 2.12 bits per heavy atom. The highest BCUT2D eigenvalue weighted by Crippen LogP contribution is 2.24. The highest BCUT2D eigenvalue weighted by molar-refractivity contribution is 5.91. The zero-order chi connectivity index (χ0) is 17.6. The Balaban J connectivity index is 1.51. The summed E-state index contributed by atoms with van der Waals surface area (Å²) >= 11 is 0. The molecule has 25 heavy (non-hydrogen) atoms. The molecule has 1 aliphatic rings. The lowest BCUT2D eigenvalue weighted by Gasteiger charge is -2.37. The van der Waals surface area contributed by atoms with Gasteiger partial charge in [0.25, 0.3) is 0 Å². The van der Waals surface area contributed by atoms with Crippen molar-refractivity contribution in [2.24, 2.45) is 13.0 Å². The molecule has 134 valence electrons. The number of carbonyl (C=O) groups is 1. The van der Waals surface area contributed by atoms with E-state index >= 15 is 0 Å². The fraction of sp³-hybridized carbons (Fsp3) is 0.474. The first kappa shape index (κ1) is 17.6. The molecule has 0 unspecified atom stereocenters. The molecule has 1 aromatic heterocycles. The molecule has 3 rings (SSSR count). The van der Waals surface area contributed by atoms with Crippen LogP contribution >= 0.6 is 0 Å². The van der Waals surface area contributed by atoms with Gasteiger partial charge >= 0.3 is 0 Å². The SMILES string of the molecule is CO[C@@H]1CN(CC(=O)Nc2ccn(C)n2)CC[C@@H]1Cc1ccccc1. The number of methoxy groups -OCH3 is 1. The summed E-state index contributed by atoms with van der Waals surface area (Å²) in [4.78, 5) is 14.4. The van der Waals surface area contributed by atoms with Crippen molar-refractivity contribution >= 4 is 11.7 Å². The van der Waals surface area contributed by atoms with E-state index < -0.39 is 0 Å². The van der Waals surface area contributed by atoms with Crippen LogP contribution < -0.4 is 5.32 Å². The number of likely N-dealkylation sites (tertiary alicyclic amines) is 1. The minimum atomic E-state index is -0.0323. The van der Waals surface area contributed by atoms with E-state index in [-0.39, 0.29) is 12.0 Å². The van der Waals surface area contributed by atoms with Gasteiger partial charge < -0.3 is 10.1 Å². The average molecular weight is 342 g/mol. The number of ether oxygens (including phenoxy) is 1. The molecule has 2 heterocycles. The number of benzene rings is 1. The standard InChI is InChI=1S/C19H26N4O2/c1-22-10-9-18(21-22)20-19(24)14-23-11-8-16(17(13-23)25-2)12-15-6-4-3-5-7-15/h3-7,9-10,16-17H,8,11-14H2,1-2H3,(H,20,21,24)/t16-,17-/m1/s1. The van der Waals surface area contributed by atoms with E-state index in [1.54, 1.807) is 17.9 Å². The summed E-state index contributed by atoms with van der Waals surface area (Å²) in [6.45, 7) is 2.06. The second-order valence-corrected chi connectivity index (χ2v) is 6.67. The number of amides is 1. The summed E-state index contributed by atoms with van der Waals surface area (Å²) < 4.78 is 7.39. The van der Waals surface area contributed by atoms with E-state index in [1.807, 2.05) is 19.3 Å². The maximum Gasteiger partial charge on any atom is 0.239 e. The summed E-state index contributed by atoms with van der Waals surface area (Å²) in [5.74, 6) is 1.05.